The van der Waals surface area contributed by atoms with Crippen molar-refractivity contribution in [3.63, 3.8) is 0 Å². The number of nitrogens with one attached hydrogen (secondary N) is 1. The molecule has 2 aromatic heterocycles. The maximum atomic E-state index is 12.9. The third-order valence-corrected chi connectivity index (χ3v) is 5.17. The normalized spacial score (nSPS) is 14.9. The first kappa shape index (κ1) is 16.1. The summed E-state index contributed by atoms with van der Waals surface area (Å²) in [5.41, 5.74) is 0.145. The largest absolute Gasteiger partial charge is 0.416 e. The van der Waals surface area contributed by atoms with Gasteiger partial charge in [-0.25, -0.2) is 4.98 Å². The van der Waals surface area contributed by atoms with E-state index in [-0.39, 0.29) is 17.5 Å². The molecule has 1 saturated carbocycles. The Labute approximate surface area is 145 Å². The van der Waals surface area contributed by atoms with Crippen molar-refractivity contribution in [2.24, 2.45) is 0 Å². The highest BCUT2D eigenvalue weighted by atomic mass is 32.1. The van der Waals surface area contributed by atoms with Gasteiger partial charge in [0.1, 0.15) is 10.8 Å². The third kappa shape index (κ3) is 3.02. The summed E-state index contributed by atoms with van der Waals surface area (Å²) in [5.74, 6) is 0.463. The monoisotopic (exact) mass is 365 g/mol. The molecule has 4 rings (SSSR count). The zero-order valence-electron chi connectivity index (χ0n) is 13.2. The molecule has 25 heavy (non-hydrogen) atoms. The van der Waals surface area contributed by atoms with E-state index in [1.54, 1.807) is 23.6 Å². The molecular formula is C17H14F3N3OS. The van der Waals surface area contributed by atoms with Gasteiger partial charge >= 0.3 is 6.18 Å². The number of alkyl halides is 3. The van der Waals surface area contributed by atoms with E-state index in [0.29, 0.717) is 16.2 Å². The number of imidazole rings is 1. The van der Waals surface area contributed by atoms with E-state index in [1.807, 2.05) is 0 Å². The third-order valence-electron chi connectivity index (χ3n) is 4.10. The van der Waals surface area contributed by atoms with Gasteiger partial charge in [0.25, 0.3) is 5.91 Å². The number of aromatic nitrogens is 2. The fourth-order valence-electron chi connectivity index (χ4n) is 2.71. The Hall–Kier alpha value is -2.35. The number of aryl methyl sites for hydroxylation is 1. The second-order valence-electron chi connectivity index (χ2n) is 6.08. The van der Waals surface area contributed by atoms with Crippen molar-refractivity contribution in [1.82, 2.24) is 14.9 Å². The Morgan fingerprint density at radius 3 is 2.72 bits per heavy atom. The Morgan fingerprint density at radius 2 is 2.04 bits per heavy atom. The number of fused-ring (bicyclic) bond motifs is 1. The number of carbonyl (C=O) groups is 1. The number of hydrogen-bond donors (Lipinski definition) is 1. The number of rotatable bonds is 3. The van der Waals surface area contributed by atoms with Crippen LogP contribution in [0.3, 0.4) is 0 Å². The molecule has 1 N–H and O–H groups in total. The molecule has 0 saturated heterocycles. The fourth-order valence-corrected chi connectivity index (χ4v) is 3.68. The van der Waals surface area contributed by atoms with Crippen LogP contribution < -0.4 is 5.32 Å². The lowest BCUT2D eigenvalue weighted by Gasteiger charge is -2.07. The second kappa shape index (κ2) is 5.59. The van der Waals surface area contributed by atoms with Crippen LogP contribution in [0.1, 0.15) is 33.9 Å². The minimum atomic E-state index is -4.40. The van der Waals surface area contributed by atoms with Crippen LogP contribution in [-0.2, 0) is 6.18 Å². The standard InChI is InChI=1S/C17H14F3N3OS/c1-9-21-12-8-10(17(18,19)20)2-5-13(12)23(9)15-7-6-14(25-15)16(24)22-11-3-4-11/h2,5-8,11H,3-4H2,1H3,(H,22,24). The molecule has 1 aliphatic carbocycles. The molecule has 1 aliphatic rings. The molecule has 0 radical (unpaired) electrons. The first-order valence-electron chi connectivity index (χ1n) is 7.80. The quantitative estimate of drug-likeness (QED) is 0.752. The van der Waals surface area contributed by atoms with E-state index in [4.69, 9.17) is 0 Å². The number of nitrogens with zero attached hydrogens (tertiary/aromatic N) is 2. The van der Waals surface area contributed by atoms with E-state index in [1.165, 1.54) is 17.4 Å². The van der Waals surface area contributed by atoms with E-state index in [9.17, 15) is 18.0 Å². The average molecular weight is 365 g/mol. The van der Waals surface area contributed by atoms with Gasteiger partial charge in [0.05, 0.1) is 21.5 Å². The van der Waals surface area contributed by atoms with Crippen LogP contribution in [0, 0.1) is 6.92 Å². The second-order valence-corrected chi connectivity index (χ2v) is 7.14. The zero-order valence-corrected chi connectivity index (χ0v) is 14.0. The average Bonchev–Trinajstić information content (AvgIpc) is 3.10. The highest BCUT2D eigenvalue weighted by molar-refractivity contribution is 7.16. The smallest absolute Gasteiger partial charge is 0.349 e. The number of hydrogen-bond acceptors (Lipinski definition) is 3. The Balaban J connectivity index is 1.72. The summed E-state index contributed by atoms with van der Waals surface area (Å²) in [6, 6.07) is 7.31. The molecule has 130 valence electrons. The summed E-state index contributed by atoms with van der Waals surface area (Å²) < 4.78 is 40.4. The van der Waals surface area contributed by atoms with Crippen molar-refractivity contribution in [2.45, 2.75) is 32.0 Å². The number of carbonyl (C=O) groups excluding carboxylic acids is 1. The highest BCUT2D eigenvalue weighted by Gasteiger charge is 2.31. The molecule has 0 atom stereocenters. The number of thiophene rings is 1. The Bertz CT molecular complexity index is 969. The zero-order chi connectivity index (χ0) is 17.8. The van der Waals surface area contributed by atoms with Gasteiger partial charge in [-0.3, -0.25) is 9.36 Å². The van der Waals surface area contributed by atoms with Crippen molar-refractivity contribution < 1.29 is 18.0 Å². The van der Waals surface area contributed by atoms with Crippen molar-refractivity contribution in [2.75, 3.05) is 0 Å². The van der Waals surface area contributed by atoms with Crippen LogP contribution in [-0.4, -0.2) is 21.5 Å². The van der Waals surface area contributed by atoms with Gasteiger partial charge in [-0.2, -0.15) is 13.2 Å². The predicted molar refractivity (Wildman–Crippen MR) is 89.2 cm³/mol. The Kier molecular flexibility index (Phi) is 3.61. The van der Waals surface area contributed by atoms with Crippen LogP contribution >= 0.6 is 11.3 Å². The first-order chi connectivity index (χ1) is 11.8. The van der Waals surface area contributed by atoms with Crippen molar-refractivity contribution in [1.29, 1.82) is 0 Å². The van der Waals surface area contributed by atoms with E-state index in [0.717, 1.165) is 30.0 Å². The van der Waals surface area contributed by atoms with Gasteiger partial charge in [-0.15, -0.1) is 11.3 Å². The van der Waals surface area contributed by atoms with Crippen LogP contribution in [0.15, 0.2) is 30.3 Å². The van der Waals surface area contributed by atoms with Crippen molar-refractivity contribution in [3.8, 4) is 5.00 Å². The van der Waals surface area contributed by atoms with Crippen LogP contribution in [0.25, 0.3) is 16.0 Å². The minimum absolute atomic E-state index is 0.111. The van der Waals surface area contributed by atoms with E-state index < -0.39 is 11.7 Å². The molecule has 4 nitrogen and oxygen atoms in total. The molecule has 0 spiro atoms. The summed E-state index contributed by atoms with van der Waals surface area (Å²) in [4.78, 5) is 17.0. The molecule has 3 aromatic rings. The van der Waals surface area contributed by atoms with Gasteiger partial charge in [0, 0.05) is 6.04 Å². The lowest BCUT2D eigenvalue weighted by molar-refractivity contribution is -0.137. The minimum Gasteiger partial charge on any atom is -0.349 e. The van der Waals surface area contributed by atoms with Gasteiger partial charge in [0.15, 0.2) is 0 Å². The van der Waals surface area contributed by atoms with Gasteiger partial charge < -0.3 is 5.32 Å². The maximum absolute atomic E-state index is 12.9. The molecule has 1 amide bonds. The molecule has 8 heteroatoms. The van der Waals surface area contributed by atoms with Crippen molar-refractivity contribution in [3.05, 3.63) is 46.6 Å². The molecule has 0 aliphatic heterocycles. The summed E-state index contributed by atoms with van der Waals surface area (Å²) in [7, 11) is 0. The summed E-state index contributed by atoms with van der Waals surface area (Å²) >= 11 is 1.30. The molecule has 0 bridgehead atoms. The van der Waals surface area contributed by atoms with Gasteiger partial charge in [-0.05, 0) is 50.1 Å². The fraction of sp³-hybridized carbons (Fsp3) is 0.294. The highest BCUT2D eigenvalue weighted by Crippen LogP contribution is 2.33. The topological polar surface area (TPSA) is 46.9 Å². The molecule has 2 heterocycles. The Morgan fingerprint density at radius 1 is 1.28 bits per heavy atom. The van der Waals surface area contributed by atoms with Gasteiger partial charge in [-0.1, -0.05) is 0 Å². The molecular weight excluding hydrogens is 351 g/mol. The lowest BCUT2D eigenvalue weighted by Crippen LogP contribution is -2.24. The van der Waals surface area contributed by atoms with Crippen LogP contribution in [0.4, 0.5) is 13.2 Å². The molecule has 1 aromatic carbocycles. The van der Waals surface area contributed by atoms with Gasteiger partial charge in [0.2, 0.25) is 0 Å². The number of amides is 1. The lowest BCUT2D eigenvalue weighted by atomic mass is 10.2. The van der Waals surface area contributed by atoms with Crippen molar-refractivity contribution >= 4 is 28.3 Å². The first-order valence-corrected chi connectivity index (χ1v) is 8.62. The van der Waals surface area contributed by atoms with E-state index in [2.05, 4.69) is 10.3 Å². The molecule has 1 fully saturated rings. The SMILES string of the molecule is Cc1nc2cc(C(F)(F)F)ccc2n1-c1ccc(C(=O)NC2CC2)s1. The summed E-state index contributed by atoms with van der Waals surface area (Å²) in [5, 5.41) is 3.68. The maximum Gasteiger partial charge on any atom is 0.416 e. The number of halogens is 3. The predicted octanol–water partition coefficient (Wildman–Crippen LogP) is 4.31. The number of benzene rings is 1. The molecule has 0 unspecified atom stereocenters. The van der Waals surface area contributed by atoms with Crippen LogP contribution in [0.2, 0.25) is 0 Å². The van der Waals surface area contributed by atoms with E-state index >= 15 is 0 Å². The summed E-state index contributed by atoms with van der Waals surface area (Å²) in [6.45, 7) is 1.73. The van der Waals surface area contributed by atoms with Crippen LogP contribution in [0.5, 0.6) is 0 Å². The summed E-state index contributed by atoms with van der Waals surface area (Å²) in [6.07, 6.45) is -2.38.